The highest BCUT2D eigenvalue weighted by atomic mass is 16.5. The van der Waals surface area contributed by atoms with Crippen LogP contribution in [0.4, 0.5) is 0 Å². The molecule has 2 N–H and O–H groups in total. The number of rotatable bonds is 4. The molecule has 0 spiro atoms. The Kier molecular flexibility index (Phi) is 3.80. The van der Waals surface area contributed by atoms with Gasteiger partial charge < -0.3 is 15.2 Å². The van der Waals surface area contributed by atoms with Crippen molar-refractivity contribution in [3.8, 4) is 5.75 Å². The van der Waals surface area contributed by atoms with Crippen molar-refractivity contribution < 1.29 is 9.84 Å². The van der Waals surface area contributed by atoms with E-state index in [-0.39, 0.29) is 6.61 Å². The van der Waals surface area contributed by atoms with Gasteiger partial charge >= 0.3 is 0 Å². The summed E-state index contributed by atoms with van der Waals surface area (Å²) < 4.78 is 5.13. The molecule has 3 heteroatoms. The summed E-state index contributed by atoms with van der Waals surface area (Å²) in [4.78, 5) is 0. The molecule has 1 heterocycles. The highest BCUT2D eigenvalue weighted by molar-refractivity contribution is 5.27. The smallest absolute Gasteiger partial charge is 0.118 e. The molecular formula is C13H19NO2. The Morgan fingerprint density at radius 3 is 2.69 bits per heavy atom. The van der Waals surface area contributed by atoms with Gasteiger partial charge in [0.05, 0.1) is 13.7 Å². The molecule has 0 bridgehead atoms. The van der Waals surface area contributed by atoms with Crippen LogP contribution in [0.5, 0.6) is 5.75 Å². The van der Waals surface area contributed by atoms with Crippen molar-refractivity contribution in [2.75, 3.05) is 20.3 Å². The van der Waals surface area contributed by atoms with Gasteiger partial charge in [0.2, 0.25) is 0 Å². The fourth-order valence-electron chi connectivity index (χ4n) is 2.29. The predicted molar refractivity (Wildman–Crippen MR) is 63.7 cm³/mol. The fraction of sp³-hybridized carbons (Fsp3) is 0.538. The van der Waals surface area contributed by atoms with Crippen LogP contribution >= 0.6 is 0 Å². The molecule has 3 nitrogen and oxygen atoms in total. The maximum absolute atomic E-state index is 9.04. The van der Waals surface area contributed by atoms with Gasteiger partial charge in [-0.1, -0.05) is 12.1 Å². The SMILES string of the molecule is COc1ccc(CC2CNC(CO)C2)cc1. The zero-order chi connectivity index (χ0) is 11.4. The van der Waals surface area contributed by atoms with Crippen LogP contribution in [-0.2, 0) is 6.42 Å². The van der Waals surface area contributed by atoms with Gasteiger partial charge in [-0.15, -0.1) is 0 Å². The first kappa shape index (κ1) is 11.4. The molecule has 0 saturated carbocycles. The first-order chi connectivity index (χ1) is 7.81. The Labute approximate surface area is 96.4 Å². The molecule has 1 aromatic rings. The van der Waals surface area contributed by atoms with E-state index in [1.807, 2.05) is 12.1 Å². The Bertz CT molecular complexity index is 323. The second kappa shape index (κ2) is 5.32. The molecule has 0 amide bonds. The Balaban J connectivity index is 1.89. The van der Waals surface area contributed by atoms with Crippen molar-refractivity contribution >= 4 is 0 Å². The molecule has 1 saturated heterocycles. The minimum Gasteiger partial charge on any atom is -0.497 e. The molecule has 1 aromatic carbocycles. The summed E-state index contributed by atoms with van der Waals surface area (Å²) in [6, 6.07) is 8.53. The molecule has 16 heavy (non-hydrogen) atoms. The highest BCUT2D eigenvalue weighted by Crippen LogP contribution is 2.20. The van der Waals surface area contributed by atoms with Gasteiger partial charge in [-0.2, -0.15) is 0 Å². The largest absolute Gasteiger partial charge is 0.497 e. The molecule has 88 valence electrons. The van der Waals surface area contributed by atoms with Crippen molar-refractivity contribution in [3.63, 3.8) is 0 Å². The molecule has 1 fully saturated rings. The van der Waals surface area contributed by atoms with E-state index < -0.39 is 0 Å². The number of nitrogens with one attached hydrogen (secondary N) is 1. The minimum atomic E-state index is 0.249. The van der Waals surface area contributed by atoms with Crippen molar-refractivity contribution in [2.24, 2.45) is 5.92 Å². The Morgan fingerprint density at radius 2 is 2.12 bits per heavy atom. The van der Waals surface area contributed by atoms with Crippen molar-refractivity contribution in [2.45, 2.75) is 18.9 Å². The first-order valence-corrected chi connectivity index (χ1v) is 5.79. The third-order valence-electron chi connectivity index (χ3n) is 3.22. The lowest BCUT2D eigenvalue weighted by Gasteiger charge is -2.09. The quantitative estimate of drug-likeness (QED) is 0.803. The van der Waals surface area contributed by atoms with Crippen LogP contribution in [0.2, 0.25) is 0 Å². The van der Waals surface area contributed by atoms with Gasteiger partial charge in [-0.3, -0.25) is 0 Å². The van der Waals surface area contributed by atoms with Crippen LogP contribution in [0.25, 0.3) is 0 Å². The van der Waals surface area contributed by atoms with E-state index in [9.17, 15) is 0 Å². The number of aliphatic hydroxyl groups excluding tert-OH is 1. The lowest BCUT2D eigenvalue weighted by atomic mass is 9.97. The predicted octanol–water partition coefficient (Wildman–Crippen LogP) is 1.21. The molecule has 1 aliphatic heterocycles. The van der Waals surface area contributed by atoms with E-state index in [0.717, 1.165) is 25.1 Å². The van der Waals surface area contributed by atoms with Crippen LogP contribution in [0.3, 0.4) is 0 Å². The molecule has 0 aliphatic carbocycles. The summed E-state index contributed by atoms with van der Waals surface area (Å²) in [6.45, 7) is 1.26. The van der Waals surface area contributed by atoms with E-state index in [2.05, 4.69) is 17.4 Å². The van der Waals surface area contributed by atoms with Crippen molar-refractivity contribution in [1.82, 2.24) is 5.32 Å². The molecule has 0 radical (unpaired) electrons. The normalized spacial score (nSPS) is 24.6. The number of methoxy groups -OCH3 is 1. The van der Waals surface area contributed by atoms with Crippen LogP contribution < -0.4 is 10.1 Å². The van der Waals surface area contributed by atoms with Gasteiger partial charge in [0.1, 0.15) is 5.75 Å². The van der Waals surface area contributed by atoms with Gasteiger partial charge in [0, 0.05) is 6.04 Å². The Hall–Kier alpha value is -1.06. The maximum Gasteiger partial charge on any atom is 0.118 e. The number of hydrogen-bond acceptors (Lipinski definition) is 3. The second-order valence-corrected chi connectivity index (χ2v) is 4.44. The monoisotopic (exact) mass is 221 g/mol. The van der Waals surface area contributed by atoms with Gasteiger partial charge in [-0.05, 0) is 43.0 Å². The zero-order valence-corrected chi connectivity index (χ0v) is 9.65. The number of benzene rings is 1. The fourth-order valence-corrected chi connectivity index (χ4v) is 2.29. The third kappa shape index (κ3) is 2.74. The molecular weight excluding hydrogens is 202 g/mol. The number of aliphatic hydroxyl groups is 1. The molecule has 2 rings (SSSR count). The summed E-state index contributed by atoms with van der Waals surface area (Å²) >= 11 is 0. The van der Waals surface area contributed by atoms with E-state index in [1.54, 1.807) is 7.11 Å². The summed E-state index contributed by atoms with van der Waals surface area (Å²) in [7, 11) is 1.68. The first-order valence-electron chi connectivity index (χ1n) is 5.79. The summed E-state index contributed by atoms with van der Waals surface area (Å²) in [5.41, 5.74) is 1.34. The van der Waals surface area contributed by atoms with Gasteiger partial charge in [-0.25, -0.2) is 0 Å². The lowest BCUT2D eigenvalue weighted by Crippen LogP contribution is -2.24. The second-order valence-electron chi connectivity index (χ2n) is 4.44. The molecule has 1 aliphatic rings. The van der Waals surface area contributed by atoms with Gasteiger partial charge in [0.15, 0.2) is 0 Å². The van der Waals surface area contributed by atoms with Gasteiger partial charge in [0.25, 0.3) is 0 Å². The standard InChI is InChI=1S/C13H19NO2/c1-16-13-4-2-10(3-5-13)6-11-7-12(9-15)14-8-11/h2-5,11-12,14-15H,6-9H2,1H3. The average Bonchev–Trinajstić information content (AvgIpc) is 2.78. The van der Waals surface area contributed by atoms with Crippen molar-refractivity contribution in [1.29, 1.82) is 0 Å². The Morgan fingerprint density at radius 1 is 1.38 bits per heavy atom. The van der Waals surface area contributed by atoms with E-state index in [4.69, 9.17) is 9.84 Å². The summed E-state index contributed by atoms with van der Waals surface area (Å²) in [5.74, 6) is 1.55. The van der Waals surface area contributed by atoms with Crippen molar-refractivity contribution in [3.05, 3.63) is 29.8 Å². The summed E-state index contributed by atoms with van der Waals surface area (Å²) in [5, 5.41) is 12.4. The molecule has 2 atom stereocenters. The third-order valence-corrected chi connectivity index (χ3v) is 3.22. The van der Waals surface area contributed by atoms with E-state index >= 15 is 0 Å². The molecule has 2 unspecified atom stereocenters. The summed E-state index contributed by atoms with van der Waals surface area (Å²) in [6.07, 6.45) is 2.15. The topological polar surface area (TPSA) is 41.5 Å². The molecule has 0 aromatic heterocycles. The van der Waals surface area contributed by atoms with E-state index in [1.165, 1.54) is 5.56 Å². The van der Waals surface area contributed by atoms with Crippen LogP contribution in [0.15, 0.2) is 24.3 Å². The zero-order valence-electron chi connectivity index (χ0n) is 9.65. The van der Waals surface area contributed by atoms with Crippen LogP contribution in [-0.4, -0.2) is 31.4 Å². The number of hydrogen-bond donors (Lipinski definition) is 2. The highest BCUT2D eigenvalue weighted by Gasteiger charge is 2.23. The lowest BCUT2D eigenvalue weighted by molar-refractivity contribution is 0.253. The minimum absolute atomic E-state index is 0.249. The maximum atomic E-state index is 9.04. The van der Waals surface area contributed by atoms with E-state index in [0.29, 0.717) is 12.0 Å². The average molecular weight is 221 g/mol. The van der Waals surface area contributed by atoms with Crippen LogP contribution in [0, 0.1) is 5.92 Å². The number of ether oxygens (including phenoxy) is 1. The van der Waals surface area contributed by atoms with Crippen LogP contribution in [0.1, 0.15) is 12.0 Å².